The second kappa shape index (κ2) is 7.15. The van der Waals surface area contributed by atoms with Crippen molar-refractivity contribution in [1.29, 1.82) is 0 Å². The Balaban J connectivity index is 2.45. The standard InChI is InChI=1S/C4H10S.CH3.Sn/c1-2-3-4-5;;/h5H,2-4H2,1H3;1H3;/q;;+1/p-1. The third-order valence-electron chi connectivity index (χ3n) is 0.744. The van der Waals surface area contributed by atoms with Gasteiger partial charge in [-0.05, 0) is 0 Å². The van der Waals surface area contributed by atoms with Gasteiger partial charge >= 0.3 is 59.2 Å². The Labute approximate surface area is 59.1 Å². The van der Waals surface area contributed by atoms with Gasteiger partial charge < -0.3 is 0 Å². The Bertz CT molecular complexity index is 27.3. The van der Waals surface area contributed by atoms with Crippen molar-refractivity contribution in [1.82, 2.24) is 0 Å². The fourth-order valence-corrected chi connectivity index (χ4v) is 3.94. The van der Waals surface area contributed by atoms with Crippen LogP contribution in [0.5, 0.6) is 0 Å². The maximum absolute atomic E-state index is 2.38. The van der Waals surface area contributed by atoms with E-state index in [1.807, 2.05) is 0 Å². The summed E-state index contributed by atoms with van der Waals surface area (Å²) in [5.41, 5.74) is 0. The average molecular weight is 223 g/mol. The van der Waals surface area contributed by atoms with Crippen molar-refractivity contribution < 1.29 is 0 Å². The summed E-state index contributed by atoms with van der Waals surface area (Å²) in [7, 11) is 2.20. The van der Waals surface area contributed by atoms with Crippen LogP contribution in [0, 0.1) is 0 Å². The summed E-state index contributed by atoms with van der Waals surface area (Å²) in [5.74, 6) is 1.43. The van der Waals surface area contributed by atoms with Crippen LogP contribution in [0.2, 0.25) is 4.94 Å². The summed E-state index contributed by atoms with van der Waals surface area (Å²) in [6.07, 6.45) is 2.80. The van der Waals surface area contributed by atoms with Crippen molar-refractivity contribution in [3.05, 3.63) is 0 Å². The van der Waals surface area contributed by atoms with Crippen molar-refractivity contribution in [3.8, 4) is 0 Å². The van der Waals surface area contributed by atoms with Crippen molar-refractivity contribution in [3.63, 3.8) is 0 Å². The molecule has 0 aromatic rings. The topological polar surface area (TPSA) is 0 Å². The van der Waals surface area contributed by atoms with Gasteiger partial charge in [0.25, 0.3) is 0 Å². The second-order valence-electron chi connectivity index (χ2n) is 1.41. The van der Waals surface area contributed by atoms with E-state index >= 15 is 0 Å². The summed E-state index contributed by atoms with van der Waals surface area (Å²) >= 11 is 0.0936. The first-order chi connectivity index (χ1) is 3.41. The molecule has 0 saturated heterocycles. The third-order valence-corrected chi connectivity index (χ3v) is 5.75. The fourth-order valence-electron chi connectivity index (χ4n) is 0.319. The van der Waals surface area contributed by atoms with Gasteiger partial charge in [-0.2, -0.15) is 0 Å². The zero-order chi connectivity index (χ0) is 5.54. The predicted octanol–water partition coefficient (Wildman–Crippen LogP) is 2.19. The molecule has 0 N–H and O–H groups in total. The monoisotopic (exact) mass is 224 g/mol. The molecule has 0 heterocycles. The number of hydrogen-bond donors (Lipinski definition) is 0. The van der Waals surface area contributed by atoms with E-state index < -0.39 is 0 Å². The Kier molecular flexibility index (Phi) is 8.32. The van der Waals surface area contributed by atoms with Crippen LogP contribution in [-0.4, -0.2) is 25.5 Å². The van der Waals surface area contributed by atoms with Crippen molar-refractivity contribution in [2.45, 2.75) is 24.7 Å². The molecule has 0 aromatic heterocycles. The van der Waals surface area contributed by atoms with Crippen LogP contribution in [0.15, 0.2) is 0 Å². The van der Waals surface area contributed by atoms with E-state index in [9.17, 15) is 0 Å². The zero-order valence-corrected chi connectivity index (χ0v) is 8.70. The van der Waals surface area contributed by atoms with Crippen molar-refractivity contribution in [2.24, 2.45) is 0 Å². The minimum absolute atomic E-state index is 0.0936. The van der Waals surface area contributed by atoms with Crippen LogP contribution >= 0.6 is 8.95 Å². The molecule has 42 valence electrons. The van der Waals surface area contributed by atoms with Gasteiger partial charge in [0.05, 0.1) is 0 Å². The summed E-state index contributed by atoms with van der Waals surface area (Å²) in [4.78, 5) is 2.38. The first-order valence-corrected chi connectivity index (χ1v) is 10.0. The van der Waals surface area contributed by atoms with Crippen LogP contribution in [0.4, 0.5) is 0 Å². The van der Waals surface area contributed by atoms with Crippen LogP contribution in [0.1, 0.15) is 19.8 Å². The SMILES string of the molecule is CCCC[S][Sn][CH3]. The molecule has 0 amide bonds. The van der Waals surface area contributed by atoms with Crippen LogP contribution in [0.3, 0.4) is 0 Å². The first-order valence-electron chi connectivity index (χ1n) is 2.70. The summed E-state index contributed by atoms with van der Waals surface area (Å²) in [6.45, 7) is 2.25. The molecule has 2 radical (unpaired) electrons. The van der Waals surface area contributed by atoms with E-state index in [0.717, 1.165) is 0 Å². The predicted molar refractivity (Wildman–Crippen MR) is 39.0 cm³/mol. The number of unbranched alkanes of at least 4 members (excludes halogenated alkanes) is 1. The van der Waals surface area contributed by atoms with Crippen molar-refractivity contribution >= 4 is 28.7 Å². The van der Waals surface area contributed by atoms with Gasteiger partial charge in [0, 0.05) is 0 Å². The van der Waals surface area contributed by atoms with Crippen LogP contribution in [0.25, 0.3) is 0 Å². The molecule has 0 nitrogen and oxygen atoms in total. The molecule has 0 fully saturated rings. The molecule has 0 rings (SSSR count). The second-order valence-corrected chi connectivity index (χ2v) is 8.48. The van der Waals surface area contributed by atoms with Gasteiger partial charge in [-0.3, -0.25) is 0 Å². The average Bonchev–Trinajstić information content (AvgIpc) is 1.69. The Morgan fingerprint density at radius 3 is 2.71 bits per heavy atom. The zero-order valence-electron chi connectivity index (χ0n) is 5.03. The summed E-state index contributed by atoms with van der Waals surface area (Å²) in [6, 6.07) is 0. The van der Waals surface area contributed by atoms with E-state index in [4.69, 9.17) is 0 Å². The van der Waals surface area contributed by atoms with Gasteiger partial charge in [0.15, 0.2) is 0 Å². The molecule has 7 heavy (non-hydrogen) atoms. The van der Waals surface area contributed by atoms with Gasteiger partial charge in [-0.15, -0.1) is 0 Å². The molecular weight excluding hydrogens is 211 g/mol. The van der Waals surface area contributed by atoms with E-state index in [1.54, 1.807) is 0 Å². The number of rotatable bonds is 4. The van der Waals surface area contributed by atoms with E-state index in [0.29, 0.717) is 0 Å². The maximum atomic E-state index is 2.38. The quantitative estimate of drug-likeness (QED) is 0.519. The third kappa shape index (κ3) is 7.15. The van der Waals surface area contributed by atoms with Gasteiger partial charge in [0.2, 0.25) is 0 Å². The van der Waals surface area contributed by atoms with Gasteiger partial charge in [-0.1, -0.05) is 0 Å². The molecule has 0 aliphatic heterocycles. The van der Waals surface area contributed by atoms with E-state index in [2.05, 4.69) is 20.8 Å². The van der Waals surface area contributed by atoms with Crippen molar-refractivity contribution in [2.75, 3.05) is 5.75 Å². The molecule has 2 heteroatoms. The molecule has 0 aromatic carbocycles. The Morgan fingerprint density at radius 2 is 2.29 bits per heavy atom. The van der Waals surface area contributed by atoms with Crippen LogP contribution in [-0.2, 0) is 0 Å². The molecule has 0 aliphatic carbocycles. The first kappa shape index (κ1) is 8.15. The van der Waals surface area contributed by atoms with Crippen LogP contribution < -0.4 is 0 Å². The number of hydrogen-bond acceptors (Lipinski definition) is 1. The minimum atomic E-state index is 0.0936. The van der Waals surface area contributed by atoms with Gasteiger partial charge in [-0.25, -0.2) is 0 Å². The normalized spacial score (nSPS) is 9.43. The molecule has 0 bridgehead atoms. The van der Waals surface area contributed by atoms with E-state index in [1.165, 1.54) is 18.6 Å². The molecule has 0 saturated carbocycles. The Hall–Kier alpha value is 1.15. The molecular formula is C5H12SSn. The molecule has 0 atom stereocenters. The fraction of sp³-hybridized carbons (Fsp3) is 1.00. The van der Waals surface area contributed by atoms with E-state index in [-0.39, 0.29) is 19.8 Å². The van der Waals surface area contributed by atoms with Gasteiger partial charge in [0.1, 0.15) is 0 Å². The summed E-state index contributed by atoms with van der Waals surface area (Å²) < 4.78 is 0. The summed E-state index contributed by atoms with van der Waals surface area (Å²) in [5, 5.41) is 0. The molecule has 0 spiro atoms. The molecule has 0 aliphatic rings. The Morgan fingerprint density at radius 1 is 1.57 bits per heavy atom. The molecule has 0 unspecified atom stereocenters.